The summed E-state index contributed by atoms with van der Waals surface area (Å²) in [5, 5.41) is 3.69. The quantitative estimate of drug-likeness (QED) is 0.877. The number of carbonyl (C=O) groups excluding carboxylic acids is 1. The molecule has 1 amide bonds. The van der Waals surface area contributed by atoms with Crippen LogP contribution < -0.4 is 10.2 Å². The van der Waals surface area contributed by atoms with Crippen LogP contribution in [-0.2, 0) is 12.8 Å². The van der Waals surface area contributed by atoms with Crippen LogP contribution in [0, 0.1) is 5.92 Å². The zero-order valence-electron chi connectivity index (χ0n) is 14.6. The average molecular weight is 343 g/mol. The van der Waals surface area contributed by atoms with Crippen LogP contribution in [0.3, 0.4) is 0 Å². The third-order valence-corrected chi connectivity index (χ3v) is 5.70. The van der Waals surface area contributed by atoms with Crippen LogP contribution in [0.15, 0.2) is 24.3 Å². The highest BCUT2D eigenvalue weighted by Gasteiger charge is 2.20. The zero-order chi connectivity index (χ0) is 17.1. The van der Waals surface area contributed by atoms with Crippen LogP contribution in [0.2, 0.25) is 0 Å². The molecule has 0 spiro atoms. The summed E-state index contributed by atoms with van der Waals surface area (Å²) in [6.45, 7) is 8.47. The van der Waals surface area contributed by atoms with E-state index in [4.69, 9.17) is 0 Å². The second kappa shape index (κ2) is 7.34. The molecule has 0 fully saturated rings. The van der Waals surface area contributed by atoms with Gasteiger partial charge in [-0.15, -0.1) is 11.3 Å². The SMILES string of the molecule is CCN(CC)c1ccc(C(=O)Nc2nc3c(s2)C[C@@H](C)CC3)cc1. The number of carbonyl (C=O) groups is 1. The number of hydrogen-bond donors (Lipinski definition) is 1. The Bertz CT molecular complexity index is 704. The highest BCUT2D eigenvalue weighted by molar-refractivity contribution is 7.15. The van der Waals surface area contributed by atoms with Crippen molar-refractivity contribution in [3.8, 4) is 0 Å². The second-order valence-electron chi connectivity index (χ2n) is 6.41. The van der Waals surface area contributed by atoms with E-state index in [9.17, 15) is 4.79 Å². The summed E-state index contributed by atoms with van der Waals surface area (Å²) in [7, 11) is 0. The van der Waals surface area contributed by atoms with Crippen molar-refractivity contribution in [1.29, 1.82) is 0 Å². The smallest absolute Gasteiger partial charge is 0.257 e. The van der Waals surface area contributed by atoms with E-state index in [1.54, 1.807) is 11.3 Å². The van der Waals surface area contributed by atoms with Gasteiger partial charge in [0.1, 0.15) is 0 Å². The summed E-state index contributed by atoms with van der Waals surface area (Å²) in [5.74, 6) is 0.634. The van der Waals surface area contributed by atoms with Crippen molar-refractivity contribution in [3.63, 3.8) is 0 Å². The first-order chi connectivity index (χ1) is 11.6. The van der Waals surface area contributed by atoms with E-state index in [0.717, 1.165) is 36.8 Å². The summed E-state index contributed by atoms with van der Waals surface area (Å²) in [5.41, 5.74) is 2.99. The van der Waals surface area contributed by atoms with Gasteiger partial charge in [0.25, 0.3) is 5.91 Å². The number of amides is 1. The number of anilines is 2. The normalized spacial score (nSPS) is 16.5. The fourth-order valence-electron chi connectivity index (χ4n) is 3.17. The second-order valence-corrected chi connectivity index (χ2v) is 7.49. The predicted molar refractivity (Wildman–Crippen MR) is 101 cm³/mol. The number of benzene rings is 1. The molecule has 0 unspecified atom stereocenters. The molecule has 0 saturated carbocycles. The fraction of sp³-hybridized carbons (Fsp3) is 0.474. The maximum absolute atomic E-state index is 12.5. The van der Waals surface area contributed by atoms with Gasteiger partial charge in [-0.25, -0.2) is 4.98 Å². The number of rotatable bonds is 5. The number of aromatic nitrogens is 1. The first-order valence-corrected chi connectivity index (χ1v) is 9.57. The molecule has 4 nitrogen and oxygen atoms in total. The van der Waals surface area contributed by atoms with Gasteiger partial charge in [0, 0.05) is 29.2 Å². The van der Waals surface area contributed by atoms with E-state index in [2.05, 4.69) is 36.0 Å². The van der Waals surface area contributed by atoms with E-state index >= 15 is 0 Å². The molecular weight excluding hydrogens is 318 g/mol. The Labute approximate surface area is 147 Å². The molecule has 1 aliphatic carbocycles. The molecule has 0 aliphatic heterocycles. The highest BCUT2D eigenvalue weighted by Crippen LogP contribution is 2.32. The van der Waals surface area contributed by atoms with Crippen molar-refractivity contribution >= 4 is 28.1 Å². The van der Waals surface area contributed by atoms with Gasteiger partial charge < -0.3 is 4.90 Å². The van der Waals surface area contributed by atoms with E-state index < -0.39 is 0 Å². The molecule has 1 aromatic heterocycles. The van der Waals surface area contributed by atoms with Crippen molar-refractivity contribution in [2.24, 2.45) is 5.92 Å². The first-order valence-electron chi connectivity index (χ1n) is 8.75. The zero-order valence-corrected chi connectivity index (χ0v) is 15.4. The highest BCUT2D eigenvalue weighted by atomic mass is 32.1. The lowest BCUT2D eigenvalue weighted by molar-refractivity contribution is 0.102. The summed E-state index contributed by atoms with van der Waals surface area (Å²) in [6, 6.07) is 7.80. The molecule has 1 N–H and O–H groups in total. The van der Waals surface area contributed by atoms with Gasteiger partial charge in [-0.3, -0.25) is 10.1 Å². The largest absolute Gasteiger partial charge is 0.372 e. The number of thiazole rings is 1. The molecule has 128 valence electrons. The Morgan fingerprint density at radius 2 is 2.00 bits per heavy atom. The fourth-order valence-corrected chi connectivity index (χ4v) is 4.34. The molecule has 3 rings (SSSR count). The molecule has 1 atom stereocenters. The van der Waals surface area contributed by atoms with Gasteiger partial charge in [-0.1, -0.05) is 6.92 Å². The van der Waals surface area contributed by atoms with Crippen molar-refractivity contribution in [3.05, 3.63) is 40.4 Å². The van der Waals surface area contributed by atoms with Crippen LogP contribution in [0.1, 0.15) is 48.1 Å². The molecule has 0 bridgehead atoms. The van der Waals surface area contributed by atoms with Crippen LogP contribution in [0.25, 0.3) is 0 Å². The maximum Gasteiger partial charge on any atom is 0.257 e. The number of nitrogens with one attached hydrogen (secondary N) is 1. The lowest BCUT2D eigenvalue weighted by Gasteiger charge is -2.20. The Balaban J connectivity index is 1.69. The molecule has 0 radical (unpaired) electrons. The Hall–Kier alpha value is -1.88. The van der Waals surface area contributed by atoms with Crippen molar-refractivity contribution in [2.45, 2.75) is 40.0 Å². The van der Waals surface area contributed by atoms with Gasteiger partial charge in [-0.2, -0.15) is 0 Å². The topological polar surface area (TPSA) is 45.2 Å². The summed E-state index contributed by atoms with van der Waals surface area (Å²) in [6.07, 6.45) is 3.31. The minimum Gasteiger partial charge on any atom is -0.372 e. The average Bonchev–Trinajstić information content (AvgIpc) is 2.97. The van der Waals surface area contributed by atoms with E-state index in [1.165, 1.54) is 17.0 Å². The molecule has 0 saturated heterocycles. The van der Waals surface area contributed by atoms with Crippen LogP contribution in [0.5, 0.6) is 0 Å². The summed E-state index contributed by atoms with van der Waals surface area (Å²) < 4.78 is 0. The van der Waals surface area contributed by atoms with Gasteiger partial charge in [0.05, 0.1) is 5.69 Å². The van der Waals surface area contributed by atoms with E-state index in [-0.39, 0.29) is 5.91 Å². The monoisotopic (exact) mass is 343 g/mol. The van der Waals surface area contributed by atoms with Crippen molar-refractivity contribution in [1.82, 2.24) is 4.98 Å². The molecule has 1 heterocycles. The summed E-state index contributed by atoms with van der Waals surface area (Å²) in [4.78, 5) is 20.7. The van der Waals surface area contributed by atoms with Crippen LogP contribution in [0.4, 0.5) is 10.8 Å². The van der Waals surface area contributed by atoms with Crippen molar-refractivity contribution in [2.75, 3.05) is 23.3 Å². The van der Waals surface area contributed by atoms with Crippen LogP contribution >= 0.6 is 11.3 Å². The van der Waals surface area contributed by atoms with E-state index in [1.807, 2.05) is 24.3 Å². The van der Waals surface area contributed by atoms with Crippen LogP contribution in [-0.4, -0.2) is 24.0 Å². The molecule has 5 heteroatoms. The Morgan fingerprint density at radius 3 is 2.67 bits per heavy atom. The Morgan fingerprint density at radius 1 is 1.29 bits per heavy atom. The standard InChI is InChI=1S/C19H25N3OS/c1-4-22(5-2)15-9-7-14(8-10-15)18(23)21-19-20-16-11-6-13(3)12-17(16)24-19/h7-10,13H,4-6,11-12H2,1-3H3,(H,20,21,23)/t13-/m0/s1. The van der Waals surface area contributed by atoms with Gasteiger partial charge in [0.2, 0.25) is 0 Å². The van der Waals surface area contributed by atoms with Gasteiger partial charge >= 0.3 is 0 Å². The molecule has 1 aliphatic rings. The third-order valence-electron chi connectivity index (χ3n) is 4.66. The van der Waals surface area contributed by atoms with Crippen molar-refractivity contribution < 1.29 is 4.79 Å². The minimum atomic E-state index is -0.0831. The van der Waals surface area contributed by atoms with E-state index in [0.29, 0.717) is 11.5 Å². The minimum absolute atomic E-state index is 0.0831. The number of aryl methyl sites for hydroxylation is 1. The predicted octanol–water partition coefficient (Wildman–Crippen LogP) is 4.37. The maximum atomic E-state index is 12.5. The number of nitrogens with zero attached hydrogens (tertiary/aromatic N) is 2. The lowest BCUT2D eigenvalue weighted by Crippen LogP contribution is -2.21. The molecule has 24 heavy (non-hydrogen) atoms. The number of hydrogen-bond acceptors (Lipinski definition) is 4. The number of fused-ring (bicyclic) bond motifs is 1. The first kappa shape index (κ1) is 17.0. The molecule has 1 aromatic carbocycles. The lowest BCUT2D eigenvalue weighted by atomic mass is 9.93. The summed E-state index contributed by atoms with van der Waals surface area (Å²) >= 11 is 1.63. The van der Waals surface area contributed by atoms with Gasteiger partial charge in [-0.05, 0) is 63.3 Å². The molecule has 2 aromatic rings. The molecular formula is C19H25N3OS. The van der Waals surface area contributed by atoms with Gasteiger partial charge in [0.15, 0.2) is 5.13 Å². The third kappa shape index (κ3) is 3.61. The Kier molecular flexibility index (Phi) is 5.19.